The summed E-state index contributed by atoms with van der Waals surface area (Å²) in [5.41, 5.74) is 0.594. The van der Waals surface area contributed by atoms with Gasteiger partial charge in [0.1, 0.15) is 0 Å². The molecule has 1 atom stereocenters. The van der Waals surface area contributed by atoms with Gasteiger partial charge in [-0.05, 0) is 6.92 Å². The zero-order chi connectivity index (χ0) is 13.7. The third kappa shape index (κ3) is 3.76. The number of rotatable bonds is 5. The SMILES string of the molecule is CCn1cc(NC(=O)N(C)CC(C)C(=O)O)cn1. The van der Waals surface area contributed by atoms with E-state index >= 15 is 0 Å². The van der Waals surface area contributed by atoms with Crippen molar-refractivity contribution in [3.05, 3.63) is 12.4 Å². The van der Waals surface area contributed by atoms with Crippen LogP contribution in [0.5, 0.6) is 0 Å². The van der Waals surface area contributed by atoms with Gasteiger partial charge in [-0.2, -0.15) is 5.10 Å². The van der Waals surface area contributed by atoms with Crippen molar-refractivity contribution >= 4 is 17.7 Å². The largest absolute Gasteiger partial charge is 0.481 e. The number of hydrogen-bond donors (Lipinski definition) is 2. The van der Waals surface area contributed by atoms with E-state index in [1.54, 1.807) is 31.0 Å². The second-order valence-corrected chi connectivity index (χ2v) is 4.13. The van der Waals surface area contributed by atoms with Crippen molar-refractivity contribution in [2.75, 3.05) is 18.9 Å². The summed E-state index contributed by atoms with van der Waals surface area (Å²) in [5, 5.41) is 15.4. The molecule has 0 spiro atoms. The Morgan fingerprint density at radius 1 is 1.61 bits per heavy atom. The second kappa shape index (κ2) is 6.04. The molecule has 7 nitrogen and oxygen atoms in total. The molecule has 0 aromatic carbocycles. The molecule has 1 rings (SSSR count). The van der Waals surface area contributed by atoms with Gasteiger partial charge < -0.3 is 15.3 Å². The lowest BCUT2D eigenvalue weighted by Gasteiger charge is -2.19. The first kappa shape index (κ1) is 14.0. The number of carbonyl (C=O) groups is 2. The normalized spacial score (nSPS) is 11.9. The first-order valence-corrected chi connectivity index (χ1v) is 5.71. The van der Waals surface area contributed by atoms with E-state index in [1.807, 2.05) is 6.92 Å². The van der Waals surface area contributed by atoms with E-state index in [2.05, 4.69) is 10.4 Å². The van der Waals surface area contributed by atoms with Crippen molar-refractivity contribution in [2.45, 2.75) is 20.4 Å². The predicted octanol–water partition coefficient (Wildman–Crippen LogP) is 1.09. The van der Waals surface area contributed by atoms with Crippen LogP contribution < -0.4 is 5.32 Å². The van der Waals surface area contributed by atoms with Crippen molar-refractivity contribution < 1.29 is 14.7 Å². The molecule has 0 radical (unpaired) electrons. The van der Waals surface area contributed by atoms with Crippen LogP contribution in [0.2, 0.25) is 0 Å². The number of carboxylic acid groups (broad SMARTS) is 1. The fraction of sp³-hybridized carbons (Fsp3) is 0.545. The minimum atomic E-state index is -0.923. The van der Waals surface area contributed by atoms with Crippen molar-refractivity contribution in [2.24, 2.45) is 5.92 Å². The zero-order valence-electron chi connectivity index (χ0n) is 10.8. The van der Waals surface area contributed by atoms with E-state index in [0.29, 0.717) is 5.69 Å². The van der Waals surface area contributed by atoms with Crippen LogP contribution in [0.15, 0.2) is 12.4 Å². The molecule has 2 N–H and O–H groups in total. The van der Waals surface area contributed by atoms with Crippen molar-refractivity contribution in [1.82, 2.24) is 14.7 Å². The van der Waals surface area contributed by atoms with Crippen LogP contribution in [0.4, 0.5) is 10.5 Å². The number of nitrogens with zero attached hydrogens (tertiary/aromatic N) is 3. The fourth-order valence-corrected chi connectivity index (χ4v) is 1.39. The smallest absolute Gasteiger partial charge is 0.321 e. The molecular formula is C11H18N4O3. The molecule has 0 saturated heterocycles. The molecular weight excluding hydrogens is 236 g/mol. The van der Waals surface area contributed by atoms with Gasteiger partial charge in [-0.1, -0.05) is 6.92 Å². The summed E-state index contributed by atoms with van der Waals surface area (Å²) in [7, 11) is 1.55. The van der Waals surface area contributed by atoms with Crippen molar-refractivity contribution in [3.63, 3.8) is 0 Å². The number of amides is 2. The first-order valence-electron chi connectivity index (χ1n) is 5.71. The third-order valence-corrected chi connectivity index (χ3v) is 2.52. The van der Waals surface area contributed by atoms with Gasteiger partial charge in [-0.3, -0.25) is 9.48 Å². The average Bonchev–Trinajstić information content (AvgIpc) is 2.76. The van der Waals surface area contributed by atoms with Crippen LogP contribution in [0.3, 0.4) is 0 Å². The van der Waals surface area contributed by atoms with Crippen LogP contribution in [-0.4, -0.2) is 45.4 Å². The summed E-state index contributed by atoms with van der Waals surface area (Å²) in [5.74, 6) is -1.52. The number of aryl methyl sites for hydroxylation is 1. The molecule has 100 valence electrons. The molecule has 0 fully saturated rings. The Morgan fingerprint density at radius 3 is 2.78 bits per heavy atom. The highest BCUT2D eigenvalue weighted by Gasteiger charge is 2.17. The van der Waals surface area contributed by atoms with E-state index in [0.717, 1.165) is 6.54 Å². The lowest BCUT2D eigenvalue weighted by Crippen LogP contribution is -2.36. The molecule has 1 aromatic heterocycles. The van der Waals surface area contributed by atoms with Gasteiger partial charge in [0.05, 0.1) is 17.8 Å². The van der Waals surface area contributed by atoms with Gasteiger partial charge in [-0.25, -0.2) is 4.79 Å². The molecule has 0 saturated carbocycles. The Balaban J connectivity index is 2.51. The molecule has 7 heteroatoms. The van der Waals surface area contributed by atoms with Gasteiger partial charge in [0.2, 0.25) is 0 Å². The van der Waals surface area contributed by atoms with E-state index in [1.165, 1.54) is 4.90 Å². The minimum absolute atomic E-state index is 0.156. The van der Waals surface area contributed by atoms with E-state index in [4.69, 9.17) is 5.11 Å². The van der Waals surface area contributed by atoms with Gasteiger partial charge in [0.15, 0.2) is 0 Å². The number of aliphatic carboxylic acids is 1. The van der Waals surface area contributed by atoms with Crippen LogP contribution in [0.1, 0.15) is 13.8 Å². The van der Waals surface area contributed by atoms with Crippen molar-refractivity contribution in [3.8, 4) is 0 Å². The van der Waals surface area contributed by atoms with Gasteiger partial charge in [0.25, 0.3) is 0 Å². The lowest BCUT2D eigenvalue weighted by molar-refractivity contribution is -0.141. The first-order chi connectivity index (χ1) is 8.43. The number of carboxylic acids is 1. The summed E-state index contributed by atoms with van der Waals surface area (Å²) in [6.45, 7) is 4.38. The quantitative estimate of drug-likeness (QED) is 0.823. The Bertz CT molecular complexity index is 430. The van der Waals surface area contributed by atoms with Crippen LogP contribution in [-0.2, 0) is 11.3 Å². The van der Waals surface area contributed by atoms with Gasteiger partial charge in [0, 0.05) is 26.3 Å². The maximum atomic E-state index is 11.8. The molecule has 0 aliphatic rings. The van der Waals surface area contributed by atoms with E-state index < -0.39 is 11.9 Å². The summed E-state index contributed by atoms with van der Waals surface area (Å²) in [4.78, 5) is 23.8. The molecule has 2 amide bonds. The summed E-state index contributed by atoms with van der Waals surface area (Å²) in [6, 6.07) is -0.348. The Hall–Kier alpha value is -2.05. The fourth-order valence-electron chi connectivity index (χ4n) is 1.39. The molecule has 0 bridgehead atoms. The summed E-state index contributed by atoms with van der Waals surface area (Å²) in [6.07, 6.45) is 3.27. The van der Waals surface area contributed by atoms with Gasteiger partial charge in [-0.15, -0.1) is 0 Å². The Morgan fingerprint density at radius 2 is 2.28 bits per heavy atom. The number of nitrogens with one attached hydrogen (secondary N) is 1. The topological polar surface area (TPSA) is 87.5 Å². The third-order valence-electron chi connectivity index (χ3n) is 2.52. The number of carbonyl (C=O) groups excluding carboxylic acids is 1. The monoisotopic (exact) mass is 254 g/mol. The maximum absolute atomic E-state index is 11.8. The molecule has 1 aromatic rings. The number of hydrogen-bond acceptors (Lipinski definition) is 3. The maximum Gasteiger partial charge on any atom is 0.321 e. The highest BCUT2D eigenvalue weighted by atomic mass is 16.4. The Labute approximate surface area is 105 Å². The molecule has 18 heavy (non-hydrogen) atoms. The second-order valence-electron chi connectivity index (χ2n) is 4.13. The zero-order valence-corrected chi connectivity index (χ0v) is 10.8. The molecule has 0 aliphatic carbocycles. The highest BCUT2D eigenvalue weighted by Crippen LogP contribution is 2.07. The van der Waals surface area contributed by atoms with Gasteiger partial charge >= 0.3 is 12.0 Å². The van der Waals surface area contributed by atoms with Crippen LogP contribution >= 0.6 is 0 Å². The number of anilines is 1. The lowest BCUT2D eigenvalue weighted by atomic mass is 10.2. The highest BCUT2D eigenvalue weighted by molar-refractivity contribution is 5.89. The van der Waals surface area contributed by atoms with Crippen LogP contribution in [0.25, 0.3) is 0 Å². The predicted molar refractivity (Wildman–Crippen MR) is 66.3 cm³/mol. The van der Waals surface area contributed by atoms with E-state index in [9.17, 15) is 9.59 Å². The standard InChI is InChI=1S/C11H18N4O3/c1-4-15-7-9(5-12-15)13-11(18)14(3)6-8(2)10(16)17/h5,7-8H,4,6H2,1-3H3,(H,13,18)(H,16,17). The van der Waals surface area contributed by atoms with E-state index in [-0.39, 0.29) is 12.6 Å². The average molecular weight is 254 g/mol. The molecule has 1 unspecified atom stereocenters. The van der Waals surface area contributed by atoms with Crippen molar-refractivity contribution in [1.29, 1.82) is 0 Å². The molecule has 0 aliphatic heterocycles. The Kier molecular flexibility index (Phi) is 4.70. The number of aromatic nitrogens is 2. The summed E-state index contributed by atoms with van der Waals surface area (Å²) >= 11 is 0. The number of urea groups is 1. The molecule has 1 heterocycles. The minimum Gasteiger partial charge on any atom is -0.481 e. The van der Waals surface area contributed by atoms with Crippen LogP contribution in [0, 0.1) is 5.92 Å². The summed E-state index contributed by atoms with van der Waals surface area (Å²) < 4.78 is 1.69.